The van der Waals surface area contributed by atoms with E-state index in [9.17, 15) is 0 Å². The van der Waals surface area contributed by atoms with Gasteiger partial charge in [0.25, 0.3) is 5.88 Å². The summed E-state index contributed by atoms with van der Waals surface area (Å²) in [5.41, 5.74) is 0.868. The molecule has 0 bridgehead atoms. The smallest absolute Gasteiger partial charge is 0.258 e. The third kappa shape index (κ3) is 2.98. The van der Waals surface area contributed by atoms with Crippen LogP contribution >= 0.6 is 0 Å². The number of hydrogen-bond donors (Lipinski definition) is 1. The lowest BCUT2D eigenvalue weighted by Gasteiger charge is -2.28. The van der Waals surface area contributed by atoms with Crippen LogP contribution in [0.4, 0.5) is 5.82 Å². The van der Waals surface area contributed by atoms with Gasteiger partial charge in [0.1, 0.15) is 18.0 Å². The van der Waals surface area contributed by atoms with Gasteiger partial charge in [-0.25, -0.2) is 9.97 Å². The number of aromatic nitrogens is 2. The van der Waals surface area contributed by atoms with Crippen molar-refractivity contribution in [1.29, 1.82) is 0 Å². The Balaban J connectivity index is 1.52. The zero-order chi connectivity index (χ0) is 15.5. The zero-order valence-corrected chi connectivity index (χ0v) is 12.7. The number of nitrogens with one attached hydrogen (secondary N) is 1. The van der Waals surface area contributed by atoms with E-state index < -0.39 is 0 Å². The van der Waals surface area contributed by atoms with Crippen LogP contribution in [-0.2, 0) is 6.61 Å². The molecule has 0 spiro atoms. The van der Waals surface area contributed by atoms with E-state index in [0.29, 0.717) is 12.5 Å². The largest absolute Gasteiger partial charge is 0.467 e. The summed E-state index contributed by atoms with van der Waals surface area (Å²) in [6.07, 6.45) is 3.35. The van der Waals surface area contributed by atoms with Crippen molar-refractivity contribution in [2.24, 2.45) is 0 Å². The molecule has 3 heterocycles. The fourth-order valence-corrected chi connectivity index (χ4v) is 2.76. The van der Waals surface area contributed by atoms with Crippen molar-refractivity contribution in [2.75, 3.05) is 31.1 Å². The molecule has 0 aliphatic carbocycles. The number of nitrogens with zero attached hydrogens (tertiary/aromatic N) is 3. The van der Waals surface area contributed by atoms with Crippen LogP contribution in [0.25, 0.3) is 11.0 Å². The standard InChI is InChI=1S/C17H18N4O2/c1-2-4-15-13(3-1)11-14(23-15)12-22-17-16(19-5-6-20-17)21-9-7-18-8-10-21/h1-6,11,18H,7-10,12H2. The number of para-hydroxylation sites is 1. The van der Waals surface area contributed by atoms with Gasteiger partial charge in [0.05, 0.1) is 0 Å². The third-order valence-electron chi connectivity index (χ3n) is 3.89. The number of piperazine rings is 1. The molecule has 0 atom stereocenters. The molecule has 0 saturated carbocycles. The first-order valence-corrected chi connectivity index (χ1v) is 7.77. The first-order valence-electron chi connectivity index (χ1n) is 7.77. The average Bonchev–Trinajstić information content (AvgIpc) is 3.04. The van der Waals surface area contributed by atoms with Gasteiger partial charge in [-0.1, -0.05) is 18.2 Å². The van der Waals surface area contributed by atoms with Gasteiger partial charge in [-0.2, -0.15) is 0 Å². The Morgan fingerprint density at radius 1 is 1.13 bits per heavy atom. The molecule has 1 fully saturated rings. The highest BCUT2D eigenvalue weighted by Gasteiger charge is 2.17. The van der Waals surface area contributed by atoms with Crippen LogP contribution in [-0.4, -0.2) is 36.1 Å². The molecule has 6 heteroatoms. The molecule has 0 radical (unpaired) electrons. The average molecular weight is 310 g/mol. The fraction of sp³-hybridized carbons (Fsp3) is 0.294. The SMILES string of the molecule is c1ccc2oc(COc3nccnc3N3CCNCC3)cc2c1. The minimum absolute atomic E-state index is 0.340. The molecule has 1 aliphatic rings. The van der Waals surface area contributed by atoms with Crippen molar-refractivity contribution in [1.82, 2.24) is 15.3 Å². The lowest BCUT2D eigenvalue weighted by molar-refractivity contribution is 0.263. The summed E-state index contributed by atoms with van der Waals surface area (Å²) in [6.45, 7) is 4.03. The second kappa shape index (κ2) is 6.26. The summed E-state index contributed by atoms with van der Waals surface area (Å²) in [6, 6.07) is 9.93. The highest BCUT2D eigenvalue weighted by Crippen LogP contribution is 2.25. The predicted molar refractivity (Wildman–Crippen MR) is 87.7 cm³/mol. The quantitative estimate of drug-likeness (QED) is 0.797. The van der Waals surface area contributed by atoms with E-state index in [0.717, 1.165) is 48.7 Å². The molecule has 1 N–H and O–H groups in total. The Kier molecular flexibility index (Phi) is 3.81. The highest BCUT2D eigenvalue weighted by molar-refractivity contribution is 5.77. The summed E-state index contributed by atoms with van der Waals surface area (Å²) in [5.74, 6) is 2.13. The number of benzene rings is 1. The Morgan fingerprint density at radius 2 is 1.96 bits per heavy atom. The van der Waals surface area contributed by atoms with Crippen molar-refractivity contribution in [3.63, 3.8) is 0 Å². The number of hydrogen-bond acceptors (Lipinski definition) is 6. The van der Waals surface area contributed by atoms with Crippen molar-refractivity contribution in [2.45, 2.75) is 6.61 Å². The Bertz CT molecular complexity index is 763. The van der Waals surface area contributed by atoms with Gasteiger partial charge in [0.2, 0.25) is 0 Å². The second-order valence-corrected chi connectivity index (χ2v) is 5.46. The summed E-state index contributed by atoms with van der Waals surface area (Å²) in [5, 5.41) is 4.41. The van der Waals surface area contributed by atoms with E-state index >= 15 is 0 Å². The Labute approximate surface area is 134 Å². The Morgan fingerprint density at radius 3 is 2.83 bits per heavy atom. The molecule has 2 aromatic heterocycles. The molecule has 23 heavy (non-hydrogen) atoms. The lowest BCUT2D eigenvalue weighted by atomic mass is 10.2. The van der Waals surface area contributed by atoms with Gasteiger partial charge in [0.15, 0.2) is 5.82 Å². The van der Waals surface area contributed by atoms with Crippen LogP contribution in [0, 0.1) is 0 Å². The Hall–Kier alpha value is -2.60. The van der Waals surface area contributed by atoms with E-state index in [2.05, 4.69) is 20.2 Å². The molecular formula is C17H18N4O2. The van der Waals surface area contributed by atoms with E-state index in [1.54, 1.807) is 12.4 Å². The van der Waals surface area contributed by atoms with Gasteiger partial charge in [-0.05, 0) is 12.1 Å². The van der Waals surface area contributed by atoms with Gasteiger partial charge in [-0.3, -0.25) is 0 Å². The number of ether oxygens (including phenoxy) is 1. The molecule has 6 nitrogen and oxygen atoms in total. The summed E-state index contributed by atoms with van der Waals surface area (Å²) in [4.78, 5) is 11.0. The van der Waals surface area contributed by atoms with Gasteiger partial charge >= 0.3 is 0 Å². The normalized spacial score (nSPS) is 15.0. The monoisotopic (exact) mass is 310 g/mol. The maximum atomic E-state index is 5.88. The van der Waals surface area contributed by atoms with Crippen molar-refractivity contribution in [3.05, 3.63) is 48.5 Å². The van der Waals surface area contributed by atoms with E-state index in [1.165, 1.54) is 0 Å². The second-order valence-electron chi connectivity index (χ2n) is 5.46. The molecule has 3 aromatic rings. The van der Waals surface area contributed by atoms with Crippen LogP contribution in [0.5, 0.6) is 5.88 Å². The first kappa shape index (κ1) is 14.0. The maximum absolute atomic E-state index is 5.88. The van der Waals surface area contributed by atoms with Crippen molar-refractivity contribution >= 4 is 16.8 Å². The molecule has 1 aromatic carbocycles. The third-order valence-corrected chi connectivity index (χ3v) is 3.89. The molecule has 0 unspecified atom stereocenters. The van der Waals surface area contributed by atoms with E-state index in [1.807, 2.05) is 30.3 Å². The molecular weight excluding hydrogens is 292 g/mol. The van der Waals surface area contributed by atoms with Crippen LogP contribution in [0.2, 0.25) is 0 Å². The number of rotatable bonds is 4. The summed E-state index contributed by atoms with van der Waals surface area (Å²) < 4.78 is 11.7. The van der Waals surface area contributed by atoms with Gasteiger partial charge < -0.3 is 19.4 Å². The molecule has 4 rings (SSSR count). The predicted octanol–water partition coefficient (Wildman–Crippen LogP) is 2.21. The minimum atomic E-state index is 0.340. The molecule has 1 saturated heterocycles. The molecule has 1 aliphatic heterocycles. The number of furan rings is 1. The highest BCUT2D eigenvalue weighted by atomic mass is 16.5. The van der Waals surface area contributed by atoms with Crippen LogP contribution in [0.15, 0.2) is 47.1 Å². The first-order chi connectivity index (χ1) is 11.4. The van der Waals surface area contributed by atoms with Crippen LogP contribution in [0.1, 0.15) is 5.76 Å². The summed E-state index contributed by atoms with van der Waals surface area (Å²) in [7, 11) is 0. The lowest BCUT2D eigenvalue weighted by Crippen LogP contribution is -2.44. The van der Waals surface area contributed by atoms with Crippen molar-refractivity contribution < 1.29 is 9.15 Å². The van der Waals surface area contributed by atoms with E-state index in [4.69, 9.17) is 9.15 Å². The van der Waals surface area contributed by atoms with Crippen molar-refractivity contribution in [3.8, 4) is 5.88 Å². The number of fused-ring (bicyclic) bond motifs is 1. The van der Waals surface area contributed by atoms with Crippen LogP contribution in [0.3, 0.4) is 0 Å². The van der Waals surface area contributed by atoms with E-state index in [-0.39, 0.29) is 0 Å². The van der Waals surface area contributed by atoms with Crippen LogP contribution < -0.4 is 15.0 Å². The molecule has 118 valence electrons. The number of anilines is 1. The van der Waals surface area contributed by atoms with Gasteiger partial charge in [-0.15, -0.1) is 0 Å². The van der Waals surface area contributed by atoms with Gasteiger partial charge in [0, 0.05) is 44.0 Å². The molecule has 0 amide bonds. The summed E-state index contributed by atoms with van der Waals surface area (Å²) >= 11 is 0. The maximum Gasteiger partial charge on any atom is 0.258 e. The fourth-order valence-electron chi connectivity index (χ4n) is 2.76. The topological polar surface area (TPSA) is 63.4 Å². The zero-order valence-electron chi connectivity index (χ0n) is 12.7. The minimum Gasteiger partial charge on any atom is -0.467 e.